The molecule has 1 aliphatic heterocycles. The maximum atomic E-state index is 13.2. The van der Waals surface area contributed by atoms with E-state index in [1.54, 1.807) is 29.9 Å². The second kappa shape index (κ2) is 6.42. The average molecular weight is 407 g/mol. The molecule has 0 saturated carbocycles. The van der Waals surface area contributed by atoms with Gasteiger partial charge in [-0.15, -0.1) is 11.3 Å². The molecular formula is C18H18FN3O3S2. The number of nitrogens with zero attached hydrogens (tertiary/aromatic N) is 3. The highest BCUT2D eigenvalue weighted by Gasteiger charge is 2.33. The van der Waals surface area contributed by atoms with Crippen LogP contribution in [0.3, 0.4) is 0 Å². The van der Waals surface area contributed by atoms with Gasteiger partial charge < -0.3 is 4.90 Å². The molecule has 0 aliphatic carbocycles. The fourth-order valence-corrected chi connectivity index (χ4v) is 6.27. The summed E-state index contributed by atoms with van der Waals surface area (Å²) in [5.41, 5.74) is 1.49. The lowest BCUT2D eigenvalue weighted by Gasteiger charge is -2.22. The van der Waals surface area contributed by atoms with E-state index in [1.165, 1.54) is 28.4 Å². The van der Waals surface area contributed by atoms with Crippen LogP contribution in [0.1, 0.15) is 21.8 Å². The summed E-state index contributed by atoms with van der Waals surface area (Å²) in [6, 6.07) is 7.51. The van der Waals surface area contributed by atoms with E-state index in [0.717, 1.165) is 15.9 Å². The van der Waals surface area contributed by atoms with E-state index in [0.29, 0.717) is 17.0 Å². The number of carbonyl (C=O) groups is 1. The van der Waals surface area contributed by atoms with Crippen molar-refractivity contribution in [2.24, 2.45) is 0 Å². The van der Waals surface area contributed by atoms with Crippen LogP contribution in [-0.2, 0) is 9.84 Å². The predicted molar refractivity (Wildman–Crippen MR) is 103 cm³/mol. The number of fused-ring (bicyclic) bond motifs is 1. The number of aromatic nitrogens is 2. The number of benzene rings is 1. The Morgan fingerprint density at radius 3 is 2.67 bits per heavy atom. The van der Waals surface area contributed by atoms with Crippen LogP contribution in [0.4, 0.5) is 4.39 Å². The van der Waals surface area contributed by atoms with E-state index in [4.69, 9.17) is 0 Å². The minimum Gasteiger partial charge on any atom is -0.337 e. The van der Waals surface area contributed by atoms with Gasteiger partial charge in [-0.3, -0.25) is 4.79 Å². The highest BCUT2D eigenvalue weighted by atomic mass is 32.2. The van der Waals surface area contributed by atoms with Crippen LogP contribution in [0, 0.1) is 12.7 Å². The van der Waals surface area contributed by atoms with Gasteiger partial charge in [-0.05, 0) is 43.7 Å². The first-order valence-corrected chi connectivity index (χ1v) is 11.1. The van der Waals surface area contributed by atoms with Crippen molar-refractivity contribution < 1.29 is 17.6 Å². The Balaban J connectivity index is 1.68. The first-order valence-electron chi connectivity index (χ1n) is 8.48. The molecule has 1 unspecified atom stereocenters. The Hall–Kier alpha value is -2.26. The summed E-state index contributed by atoms with van der Waals surface area (Å²) < 4.78 is 38.3. The molecule has 9 heteroatoms. The number of aryl methyl sites for hydroxylation is 1. The van der Waals surface area contributed by atoms with Gasteiger partial charge in [0.25, 0.3) is 5.91 Å². The van der Waals surface area contributed by atoms with E-state index >= 15 is 0 Å². The SMILES string of the molecule is Cc1nn(-c2ccc(F)cc2)c2sc(C(=O)N(C)C3CCS(=O)(=O)C3)cc12. The van der Waals surface area contributed by atoms with Gasteiger partial charge in [0.05, 0.1) is 27.8 Å². The van der Waals surface area contributed by atoms with E-state index in [1.807, 2.05) is 6.92 Å². The molecule has 1 saturated heterocycles. The number of amides is 1. The Kier molecular flexibility index (Phi) is 4.31. The van der Waals surface area contributed by atoms with Gasteiger partial charge in [0, 0.05) is 18.5 Å². The molecule has 3 heterocycles. The van der Waals surface area contributed by atoms with Crippen molar-refractivity contribution in [1.29, 1.82) is 0 Å². The molecule has 1 atom stereocenters. The van der Waals surface area contributed by atoms with E-state index in [2.05, 4.69) is 5.10 Å². The fourth-order valence-electron chi connectivity index (χ4n) is 3.33. The van der Waals surface area contributed by atoms with Gasteiger partial charge in [-0.2, -0.15) is 5.10 Å². The zero-order valence-corrected chi connectivity index (χ0v) is 16.5. The van der Waals surface area contributed by atoms with Crippen molar-refractivity contribution in [2.45, 2.75) is 19.4 Å². The Labute approximate surface area is 160 Å². The summed E-state index contributed by atoms with van der Waals surface area (Å²) >= 11 is 1.30. The molecule has 4 rings (SSSR count). The molecule has 6 nitrogen and oxygen atoms in total. The zero-order chi connectivity index (χ0) is 19.3. The van der Waals surface area contributed by atoms with Crippen LogP contribution in [-0.4, -0.2) is 53.6 Å². The van der Waals surface area contributed by atoms with E-state index < -0.39 is 9.84 Å². The lowest BCUT2D eigenvalue weighted by atomic mass is 10.2. The normalized spacial score (nSPS) is 18.9. The van der Waals surface area contributed by atoms with Crippen molar-refractivity contribution in [3.63, 3.8) is 0 Å². The summed E-state index contributed by atoms with van der Waals surface area (Å²) in [7, 11) is -1.41. The van der Waals surface area contributed by atoms with Crippen LogP contribution in [0.2, 0.25) is 0 Å². The number of sulfone groups is 1. The van der Waals surface area contributed by atoms with Gasteiger partial charge in [-0.25, -0.2) is 17.5 Å². The quantitative estimate of drug-likeness (QED) is 0.669. The average Bonchev–Trinajstić information content (AvgIpc) is 3.29. The van der Waals surface area contributed by atoms with Crippen molar-refractivity contribution >= 4 is 37.3 Å². The molecule has 0 spiro atoms. The van der Waals surface area contributed by atoms with E-state index in [-0.39, 0.29) is 29.3 Å². The minimum absolute atomic E-state index is 0.0164. The standard InChI is InChI=1S/C18H18FN3O3S2/c1-11-15-9-16(17(23)21(2)14-7-8-27(24,25)10-14)26-18(15)22(20-11)13-5-3-12(19)4-6-13/h3-6,9,14H,7-8,10H2,1-2H3. The Morgan fingerprint density at radius 2 is 2.04 bits per heavy atom. The van der Waals surface area contributed by atoms with Crippen LogP contribution in [0.25, 0.3) is 15.9 Å². The minimum atomic E-state index is -3.06. The molecule has 27 heavy (non-hydrogen) atoms. The second-order valence-corrected chi connectivity index (χ2v) is 10.0. The number of hydrogen-bond acceptors (Lipinski definition) is 5. The molecule has 0 bridgehead atoms. The molecule has 1 amide bonds. The summed E-state index contributed by atoms with van der Waals surface area (Å²) in [6.07, 6.45) is 0.470. The lowest BCUT2D eigenvalue weighted by Crippen LogP contribution is -2.37. The van der Waals surface area contributed by atoms with Gasteiger partial charge >= 0.3 is 0 Å². The monoisotopic (exact) mass is 407 g/mol. The molecule has 0 radical (unpaired) electrons. The first kappa shape index (κ1) is 18.1. The van der Waals surface area contributed by atoms with Gasteiger partial charge in [0.2, 0.25) is 0 Å². The number of hydrogen-bond donors (Lipinski definition) is 0. The summed E-state index contributed by atoms with van der Waals surface area (Å²) in [5, 5.41) is 5.35. The molecule has 1 aliphatic rings. The molecule has 1 fully saturated rings. The Morgan fingerprint density at radius 1 is 1.33 bits per heavy atom. The largest absolute Gasteiger partial charge is 0.337 e. The van der Waals surface area contributed by atoms with Crippen LogP contribution in [0.5, 0.6) is 0 Å². The highest BCUT2D eigenvalue weighted by molar-refractivity contribution is 7.91. The third-order valence-corrected chi connectivity index (χ3v) is 7.75. The number of halogens is 1. The van der Waals surface area contributed by atoms with Crippen LogP contribution < -0.4 is 0 Å². The number of carbonyl (C=O) groups excluding carboxylic acids is 1. The van der Waals surface area contributed by atoms with Crippen molar-refractivity contribution in [2.75, 3.05) is 18.6 Å². The lowest BCUT2D eigenvalue weighted by molar-refractivity contribution is 0.0752. The molecule has 0 N–H and O–H groups in total. The summed E-state index contributed by atoms with van der Waals surface area (Å²) in [4.78, 5) is 15.7. The Bertz CT molecular complexity index is 1130. The zero-order valence-electron chi connectivity index (χ0n) is 14.8. The second-order valence-electron chi connectivity index (χ2n) is 6.78. The highest BCUT2D eigenvalue weighted by Crippen LogP contribution is 2.32. The van der Waals surface area contributed by atoms with Crippen LogP contribution in [0.15, 0.2) is 30.3 Å². The molecule has 1 aromatic carbocycles. The van der Waals surface area contributed by atoms with Crippen molar-refractivity contribution in [3.8, 4) is 5.69 Å². The van der Waals surface area contributed by atoms with Crippen molar-refractivity contribution in [3.05, 3.63) is 46.7 Å². The maximum Gasteiger partial charge on any atom is 0.264 e. The molecule has 2 aromatic heterocycles. The van der Waals surface area contributed by atoms with Crippen molar-refractivity contribution in [1.82, 2.24) is 14.7 Å². The predicted octanol–water partition coefficient (Wildman–Crippen LogP) is 2.79. The van der Waals surface area contributed by atoms with Gasteiger partial charge in [0.1, 0.15) is 10.6 Å². The molecule has 3 aromatic rings. The smallest absolute Gasteiger partial charge is 0.264 e. The molecular weight excluding hydrogens is 389 g/mol. The van der Waals surface area contributed by atoms with Gasteiger partial charge in [0.15, 0.2) is 9.84 Å². The van der Waals surface area contributed by atoms with Crippen LogP contribution >= 0.6 is 11.3 Å². The third kappa shape index (κ3) is 3.25. The summed E-state index contributed by atoms with van der Waals surface area (Å²) in [5.74, 6) is -0.375. The topological polar surface area (TPSA) is 72.3 Å². The van der Waals surface area contributed by atoms with E-state index in [9.17, 15) is 17.6 Å². The fraction of sp³-hybridized carbons (Fsp3) is 0.333. The number of rotatable bonds is 3. The third-order valence-electron chi connectivity index (χ3n) is 4.90. The number of thiophene rings is 1. The molecule has 142 valence electrons. The summed E-state index contributed by atoms with van der Waals surface area (Å²) in [6.45, 7) is 1.86. The first-order chi connectivity index (χ1) is 12.7. The van der Waals surface area contributed by atoms with Gasteiger partial charge in [-0.1, -0.05) is 0 Å². The maximum absolute atomic E-state index is 13.2.